The highest BCUT2D eigenvalue weighted by molar-refractivity contribution is 5.78. The molecule has 1 aromatic rings. The van der Waals surface area contributed by atoms with Gasteiger partial charge >= 0.3 is 0 Å². The lowest BCUT2D eigenvalue weighted by Gasteiger charge is -2.16. The largest absolute Gasteiger partial charge is 0.349 e. The van der Waals surface area contributed by atoms with Gasteiger partial charge in [-0.1, -0.05) is 37.3 Å². The minimum absolute atomic E-state index is 0.0187. The van der Waals surface area contributed by atoms with Gasteiger partial charge in [-0.25, -0.2) is 0 Å². The Morgan fingerprint density at radius 1 is 1.38 bits per heavy atom. The molecule has 16 heavy (non-hydrogen) atoms. The van der Waals surface area contributed by atoms with Crippen LogP contribution in [0, 0.1) is 17.2 Å². The molecule has 3 nitrogen and oxygen atoms in total. The van der Waals surface area contributed by atoms with Crippen molar-refractivity contribution >= 4 is 5.91 Å². The fraction of sp³-hybridized carbons (Fsp3) is 0.385. The number of nitrogens with zero attached hydrogens (tertiary/aromatic N) is 1. The van der Waals surface area contributed by atoms with E-state index in [1.807, 2.05) is 43.3 Å². The van der Waals surface area contributed by atoms with E-state index in [1.165, 1.54) is 0 Å². The average molecular weight is 216 g/mol. The molecule has 1 rings (SSSR count). The van der Waals surface area contributed by atoms with E-state index < -0.39 is 0 Å². The smallest absolute Gasteiger partial charge is 0.224 e. The summed E-state index contributed by atoms with van der Waals surface area (Å²) in [5.41, 5.74) is 1.07. The highest BCUT2D eigenvalue weighted by atomic mass is 16.1. The van der Waals surface area contributed by atoms with Gasteiger partial charge in [0.05, 0.1) is 12.1 Å². The molecule has 0 spiro atoms. The number of amides is 1. The second-order valence-corrected chi connectivity index (χ2v) is 3.90. The summed E-state index contributed by atoms with van der Waals surface area (Å²) < 4.78 is 0. The summed E-state index contributed by atoms with van der Waals surface area (Å²) >= 11 is 0. The van der Waals surface area contributed by atoms with Crippen LogP contribution in [0.5, 0.6) is 0 Å². The summed E-state index contributed by atoms with van der Waals surface area (Å²) in [6.07, 6.45) is 0.257. The molecule has 0 radical (unpaired) electrons. The lowest BCUT2D eigenvalue weighted by atomic mass is 10.1. The third-order valence-corrected chi connectivity index (χ3v) is 2.50. The Hall–Kier alpha value is -1.82. The van der Waals surface area contributed by atoms with Crippen LogP contribution in [0.3, 0.4) is 0 Å². The SMILES string of the molecule is CC(CC#N)C(=O)NC(C)c1ccccc1. The third kappa shape index (κ3) is 3.39. The van der Waals surface area contributed by atoms with Crippen LogP contribution in [0.1, 0.15) is 31.9 Å². The van der Waals surface area contributed by atoms with Crippen molar-refractivity contribution in [3.63, 3.8) is 0 Å². The molecule has 0 aromatic heterocycles. The highest BCUT2D eigenvalue weighted by Gasteiger charge is 2.15. The van der Waals surface area contributed by atoms with Crippen molar-refractivity contribution in [3.8, 4) is 6.07 Å². The minimum atomic E-state index is -0.254. The van der Waals surface area contributed by atoms with Crippen molar-refractivity contribution in [2.45, 2.75) is 26.3 Å². The molecule has 0 aliphatic rings. The summed E-state index contributed by atoms with van der Waals surface area (Å²) in [6, 6.07) is 11.7. The van der Waals surface area contributed by atoms with Gasteiger partial charge in [-0.2, -0.15) is 5.26 Å². The summed E-state index contributed by atoms with van der Waals surface area (Å²) in [5.74, 6) is -0.325. The molecule has 2 unspecified atom stereocenters. The highest BCUT2D eigenvalue weighted by Crippen LogP contribution is 2.12. The second kappa shape index (κ2) is 5.92. The van der Waals surface area contributed by atoms with Crippen molar-refractivity contribution in [2.75, 3.05) is 0 Å². The fourth-order valence-electron chi connectivity index (χ4n) is 1.41. The summed E-state index contributed by atoms with van der Waals surface area (Å²) in [6.45, 7) is 3.70. The number of carbonyl (C=O) groups is 1. The zero-order valence-electron chi connectivity index (χ0n) is 9.60. The van der Waals surface area contributed by atoms with Crippen LogP contribution in [0.4, 0.5) is 0 Å². The van der Waals surface area contributed by atoms with Gasteiger partial charge < -0.3 is 5.32 Å². The minimum Gasteiger partial charge on any atom is -0.349 e. The maximum Gasteiger partial charge on any atom is 0.224 e. The lowest BCUT2D eigenvalue weighted by Crippen LogP contribution is -2.31. The molecule has 0 fully saturated rings. The van der Waals surface area contributed by atoms with Crippen molar-refractivity contribution in [3.05, 3.63) is 35.9 Å². The summed E-state index contributed by atoms with van der Waals surface area (Å²) in [7, 11) is 0. The van der Waals surface area contributed by atoms with Gasteiger partial charge in [-0.3, -0.25) is 4.79 Å². The molecule has 0 heterocycles. The standard InChI is InChI=1S/C13H16N2O/c1-10(8-9-14)13(16)15-11(2)12-6-4-3-5-7-12/h3-7,10-11H,8H2,1-2H3,(H,15,16). The van der Waals surface area contributed by atoms with Crippen LogP contribution in [-0.4, -0.2) is 5.91 Å². The Morgan fingerprint density at radius 3 is 2.56 bits per heavy atom. The van der Waals surface area contributed by atoms with Gasteiger partial charge in [0.25, 0.3) is 0 Å². The van der Waals surface area contributed by atoms with E-state index in [4.69, 9.17) is 5.26 Å². The molecule has 0 saturated heterocycles. The maximum atomic E-state index is 11.7. The van der Waals surface area contributed by atoms with Gasteiger partial charge in [0.15, 0.2) is 0 Å². The van der Waals surface area contributed by atoms with Crippen LogP contribution in [0.15, 0.2) is 30.3 Å². The van der Waals surface area contributed by atoms with E-state index in [2.05, 4.69) is 5.32 Å². The monoisotopic (exact) mass is 216 g/mol. The number of benzene rings is 1. The van der Waals surface area contributed by atoms with E-state index in [1.54, 1.807) is 6.92 Å². The molecule has 1 N–H and O–H groups in total. The Bertz CT molecular complexity index is 381. The van der Waals surface area contributed by atoms with Crippen LogP contribution >= 0.6 is 0 Å². The predicted octanol–water partition coefficient (Wildman–Crippen LogP) is 2.41. The molecular weight excluding hydrogens is 200 g/mol. The molecule has 1 amide bonds. The summed E-state index contributed by atoms with van der Waals surface area (Å²) in [4.78, 5) is 11.7. The maximum absolute atomic E-state index is 11.7. The molecule has 2 atom stereocenters. The summed E-state index contributed by atoms with van der Waals surface area (Å²) in [5, 5.41) is 11.4. The molecule has 0 aliphatic heterocycles. The van der Waals surface area contributed by atoms with Crippen LogP contribution in [-0.2, 0) is 4.79 Å². The first kappa shape index (κ1) is 12.3. The van der Waals surface area contributed by atoms with Crippen LogP contribution in [0.2, 0.25) is 0 Å². The molecule has 0 aliphatic carbocycles. The Balaban J connectivity index is 2.56. The number of nitrogens with one attached hydrogen (secondary N) is 1. The van der Waals surface area contributed by atoms with Gasteiger partial charge in [-0.15, -0.1) is 0 Å². The van der Waals surface area contributed by atoms with Crippen molar-refractivity contribution in [1.29, 1.82) is 5.26 Å². The Kier molecular flexibility index (Phi) is 4.53. The van der Waals surface area contributed by atoms with E-state index in [9.17, 15) is 4.79 Å². The normalized spacial score (nSPS) is 13.6. The first-order valence-electron chi connectivity index (χ1n) is 5.37. The van der Waals surface area contributed by atoms with Gasteiger partial charge in [0, 0.05) is 12.3 Å². The number of nitriles is 1. The van der Waals surface area contributed by atoms with E-state index in [0.29, 0.717) is 0 Å². The van der Waals surface area contributed by atoms with Crippen molar-refractivity contribution < 1.29 is 4.79 Å². The number of carbonyl (C=O) groups excluding carboxylic acids is 1. The van der Waals surface area contributed by atoms with E-state index in [-0.39, 0.29) is 24.3 Å². The van der Waals surface area contributed by atoms with E-state index in [0.717, 1.165) is 5.56 Å². The molecule has 0 saturated carbocycles. The Morgan fingerprint density at radius 2 is 2.00 bits per heavy atom. The molecule has 84 valence electrons. The third-order valence-electron chi connectivity index (χ3n) is 2.50. The molecule has 0 bridgehead atoms. The number of hydrogen-bond acceptors (Lipinski definition) is 2. The zero-order valence-corrected chi connectivity index (χ0v) is 9.60. The van der Waals surface area contributed by atoms with Crippen molar-refractivity contribution in [1.82, 2.24) is 5.32 Å². The van der Waals surface area contributed by atoms with Crippen LogP contribution < -0.4 is 5.32 Å². The quantitative estimate of drug-likeness (QED) is 0.840. The average Bonchev–Trinajstić information content (AvgIpc) is 2.30. The first-order chi connectivity index (χ1) is 7.65. The van der Waals surface area contributed by atoms with Gasteiger partial charge in [0.1, 0.15) is 0 Å². The number of hydrogen-bond donors (Lipinski definition) is 1. The first-order valence-corrected chi connectivity index (χ1v) is 5.37. The fourth-order valence-corrected chi connectivity index (χ4v) is 1.41. The Labute approximate surface area is 96.1 Å². The zero-order chi connectivity index (χ0) is 12.0. The lowest BCUT2D eigenvalue weighted by molar-refractivity contribution is -0.125. The molecule has 1 aromatic carbocycles. The van der Waals surface area contributed by atoms with Gasteiger partial charge in [-0.05, 0) is 12.5 Å². The van der Waals surface area contributed by atoms with Gasteiger partial charge in [0.2, 0.25) is 5.91 Å². The molecule has 3 heteroatoms. The predicted molar refractivity (Wildman–Crippen MR) is 62.4 cm³/mol. The van der Waals surface area contributed by atoms with Crippen LogP contribution in [0.25, 0.3) is 0 Å². The molecular formula is C13H16N2O. The van der Waals surface area contributed by atoms with Crippen molar-refractivity contribution in [2.24, 2.45) is 5.92 Å². The second-order valence-electron chi connectivity index (χ2n) is 3.90. The topological polar surface area (TPSA) is 52.9 Å². The number of rotatable bonds is 4. The van der Waals surface area contributed by atoms with E-state index >= 15 is 0 Å².